The van der Waals surface area contributed by atoms with E-state index in [0.29, 0.717) is 73.3 Å². The lowest BCUT2D eigenvalue weighted by Gasteiger charge is -2.42. The second kappa shape index (κ2) is 17.1. The molecule has 1 aromatic heterocycles. The van der Waals surface area contributed by atoms with E-state index in [1.165, 1.54) is 17.0 Å². The smallest absolute Gasteiger partial charge is 0.357 e. The Labute approximate surface area is 373 Å². The summed E-state index contributed by atoms with van der Waals surface area (Å²) in [6.07, 6.45) is 0.781. The number of H-pyrrole nitrogens is 1. The van der Waals surface area contributed by atoms with Crippen molar-refractivity contribution in [2.24, 2.45) is 5.41 Å². The Hall–Kier alpha value is -5.48. The molecule has 4 aromatic rings. The number of alkyl halides is 3. The molecule has 65 heavy (non-hydrogen) atoms. The number of nitrogens with zero attached hydrogens (tertiary/aromatic N) is 5. The van der Waals surface area contributed by atoms with Crippen molar-refractivity contribution in [3.63, 3.8) is 0 Å². The number of hydrogen-bond donors (Lipinski definition) is 1. The number of aromatic nitrogens is 1. The van der Waals surface area contributed by atoms with Crippen LogP contribution in [0.1, 0.15) is 121 Å². The van der Waals surface area contributed by atoms with Crippen molar-refractivity contribution in [2.45, 2.75) is 115 Å². The zero-order valence-corrected chi connectivity index (χ0v) is 36.5. The van der Waals surface area contributed by atoms with Crippen LogP contribution in [-0.2, 0) is 40.3 Å². The molecule has 2 unspecified atom stereocenters. The third kappa shape index (κ3) is 8.25. The number of imide groups is 1. The number of aryl methyl sites for hydroxylation is 1. The molecule has 0 aliphatic carbocycles. The SMILES string of the molecule is C=C1c2cc3c(cc2C(=O)N1C1CCC(=O)N(F)C1=O)CN(CC(=O)N1CCC(CCC)(CCCc2cc(F)c(C4c5[nH]c6ccccc6c5C[C@@H](C)N4CC(F)(F)F)c(F)c2)CC1)C3. The number of carbonyl (C=O) groups is 4. The molecule has 0 bridgehead atoms. The van der Waals surface area contributed by atoms with E-state index in [0.717, 1.165) is 59.1 Å². The van der Waals surface area contributed by atoms with Gasteiger partial charge in [0, 0.05) is 77.6 Å². The molecule has 0 radical (unpaired) electrons. The van der Waals surface area contributed by atoms with Crippen LogP contribution in [0.15, 0.2) is 55.1 Å². The predicted molar refractivity (Wildman–Crippen MR) is 230 cm³/mol. The Balaban J connectivity index is 0.815. The van der Waals surface area contributed by atoms with E-state index in [1.54, 1.807) is 19.1 Å². The maximum Gasteiger partial charge on any atom is 0.401 e. The summed E-state index contributed by atoms with van der Waals surface area (Å²) in [4.78, 5) is 60.9. The van der Waals surface area contributed by atoms with Crippen molar-refractivity contribution >= 4 is 40.2 Å². The molecular formula is C49H52F6N6O4. The summed E-state index contributed by atoms with van der Waals surface area (Å²) in [7, 11) is 0. The number of benzene rings is 3. The van der Waals surface area contributed by atoms with Gasteiger partial charge in [-0.15, -0.1) is 5.12 Å². The molecule has 1 N–H and O–H groups in total. The van der Waals surface area contributed by atoms with Crippen molar-refractivity contribution < 1.29 is 45.6 Å². The molecule has 2 saturated heterocycles. The minimum atomic E-state index is -4.58. The molecular weight excluding hydrogens is 851 g/mol. The van der Waals surface area contributed by atoms with Gasteiger partial charge in [0.2, 0.25) is 5.91 Å². The van der Waals surface area contributed by atoms with Crippen molar-refractivity contribution in [1.82, 2.24) is 29.7 Å². The summed E-state index contributed by atoms with van der Waals surface area (Å²) in [6.45, 7) is 8.73. The number of nitrogens with one attached hydrogen (secondary N) is 1. The third-order valence-corrected chi connectivity index (χ3v) is 14.6. The van der Waals surface area contributed by atoms with E-state index < -0.39 is 70.9 Å². The molecule has 5 aliphatic rings. The number of halogens is 6. The Kier molecular flexibility index (Phi) is 11.7. The fourth-order valence-electron chi connectivity index (χ4n) is 11.4. The van der Waals surface area contributed by atoms with E-state index in [4.69, 9.17) is 0 Å². The summed E-state index contributed by atoms with van der Waals surface area (Å²) >= 11 is 0. The number of amides is 4. The van der Waals surface area contributed by atoms with Crippen LogP contribution in [0.5, 0.6) is 0 Å². The highest BCUT2D eigenvalue weighted by Crippen LogP contribution is 2.45. The van der Waals surface area contributed by atoms with Crippen molar-refractivity contribution in [3.8, 4) is 0 Å². The quantitative estimate of drug-likeness (QED) is 0.0918. The largest absolute Gasteiger partial charge is 0.401 e. The van der Waals surface area contributed by atoms with Gasteiger partial charge in [-0.2, -0.15) is 13.2 Å². The number of rotatable bonds is 11. The third-order valence-electron chi connectivity index (χ3n) is 14.6. The van der Waals surface area contributed by atoms with Crippen LogP contribution < -0.4 is 0 Å². The number of para-hydroxylation sites is 1. The van der Waals surface area contributed by atoms with E-state index >= 15 is 8.78 Å². The highest BCUT2D eigenvalue weighted by Gasteiger charge is 2.47. The number of hydrogen-bond acceptors (Lipinski definition) is 6. The van der Waals surface area contributed by atoms with Crippen LogP contribution in [0.4, 0.5) is 26.4 Å². The van der Waals surface area contributed by atoms with Gasteiger partial charge in [-0.25, -0.2) is 8.78 Å². The van der Waals surface area contributed by atoms with Gasteiger partial charge in [0.15, 0.2) is 0 Å². The number of piperidine rings is 2. The molecule has 10 nitrogen and oxygen atoms in total. The fraction of sp³-hybridized carbons (Fsp3) is 0.469. The van der Waals surface area contributed by atoms with Crippen LogP contribution in [0.2, 0.25) is 0 Å². The first-order valence-corrected chi connectivity index (χ1v) is 22.6. The molecule has 5 aliphatic heterocycles. The summed E-state index contributed by atoms with van der Waals surface area (Å²) in [6, 6.07) is 10.4. The van der Waals surface area contributed by atoms with Gasteiger partial charge < -0.3 is 9.88 Å². The maximum absolute atomic E-state index is 16.2. The molecule has 2 fully saturated rings. The Morgan fingerprint density at radius 2 is 1.63 bits per heavy atom. The second-order valence-electron chi connectivity index (χ2n) is 18.8. The molecule has 0 saturated carbocycles. The van der Waals surface area contributed by atoms with E-state index in [1.807, 2.05) is 34.1 Å². The first kappa shape index (κ1) is 44.7. The number of carbonyl (C=O) groups excluding carboxylic acids is 4. The van der Waals surface area contributed by atoms with Crippen molar-refractivity contribution in [2.75, 3.05) is 26.2 Å². The number of fused-ring (bicyclic) bond motifs is 5. The summed E-state index contributed by atoms with van der Waals surface area (Å²) in [5, 5.41) is 0.409. The summed E-state index contributed by atoms with van der Waals surface area (Å²) in [5.74, 6) is -4.24. The molecule has 16 heteroatoms. The molecule has 6 heterocycles. The highest BCUT2D eigenvalue weighted by molar-refractivity contribution is 6.12. The predicted octanol–water partition coefficient (Wildman–Crippen LogP) is 8.92. The first-order valence-electron chi connectivity index (χ1n) is 22.6. The molecule has 9 rings (SSSR count). The van der Waals surface area contributed by atoms with Crippen LogP contribution in [0, 0.1) is 17.0 Å². The van der Waals surface area contributed by atoms with Gasteiger partial charge in [-0.05, 0) is 116 Å². The molecule has 3 aromatic carbocycles. The number of likely N-dealkylation sites (tertiary alicyclic amines) is 1. The average molecular weight is 903 g/mol. The topological polar surface area (TPSA) is 100 Å². The van der Waals surface area contributed by atoms with Gasteiger partial charge in [0.1, 0.15) is 17.7 Å². The normalized spacial score (nSPS) is 22.6. The fourth-order valence-corrected chi connectivity index (χ4v) is 11.4. The zero-order valence-electron chi connectivity index (χ0n) is 36.5. The van der Waals surface area contributed by atoms with Crippen molar-refractivity contribution in [3.05, 3.63) is 111 Å². The standard InChI is InChI=1S/C49H52F6N6O4/c1-4-13-48(14-7-8-30-20-37(50)43(38(51)21-30)45-44-35(33-9-5-6-10-39(33)56-44)19-28(2)59(45)27-49(52,53)54)15-17-58(18-16-48)42(63)26-57-24-31-22-34-29(3)60(46(64)36(34)23-32(31)25-57)40-11-12-41(62)61(55)47(40)65/h5-6,9-10,20-23,28,40,45,56H,3-4,7-8,11-19,24-27H2,1-2H3/t28-,40?,45?/m1/s1. The van der Waals surface area contributed by atoms with Gasteiger partial charge in [0.25, 0.3) is 17.7 Å². The van der Waals surface area contributed by atoms with Crippen LogP contribution >= 0.6 is 0 Å². The molecule has 4 amide bonds. The van der Waals surface area contributed by atoms with Crippen LogP contribution in [0.3, 0.4) is 0 Å². The van der Waals surface area contributed by atoms with E-state index in [-0.39, 0.29) is 36.4 Å². The summed E-state index contributed by atoms with van der Waals surface area (Å²) in [5.41, 5.74) is 4.82. The Bertz CT molecular complexity index is 2530. The first-order chi connectivity index (χ1) is 31.0. The molecule has 3 atom stereocenters. The molecule has 344 valence electrons. The maximum atomic E-state index is 16.2. The minimum absolute atomic E-state index is 0.00462. The van der Waals surface area contributed by atoms with Crippen LogP contribution in [0.25, 0.3) is 16.6 Å². The lowest BCUT2D eigenvalue weighted by atomic mass is 9.71. The van der Waals surface area contributed by atoms with E-state index in [2.05, 4.69) is 18.5 Å². The van der Waals surface area contributed by atoms with Gasteiger partial charge >= 0.3 is 6.18 Å². The van der Waals surface area contributed by atoms with E-state index in [9.17, 15) is 36.8 Å². The summed E-state index contributed by atoms with van der Waals surface area (Å²) < 4.78 is 88.5. The highest BCUT2D eigenvalue weighted by atomic mass is 19.4. The van der Waals surface area contributed by atoms with Gasteiger partial charge in [0.05, 0.1) is 19.1 Å². The molecule has 0 spiro atoms. The second-order valence-corrected chi connectivity index (χ2v) is 18.8. The van der Waals surface area contributed by atoms with Crippen molar-refractivity contribution in [1.29, 1.82) is 0 Å². The minimum Gasteiger partial charge on any atom is -0.357 e. The average Bonchev–Trinajstić information content (AvgIpc) is 3.90. The Morgan fingerprint density at radius 3 is 2.31 bits per heavy atom. The lowest BCUT2D eigenvalue weighted by Crippen LogP contribution is -2.51. The Morgan fingerprint density at radius 1 is 0.954 bits per heavy atom. The van der Waals surface area contributed by atoms with Crippen LogP contribution in [-0.4, -0.2) is 97.8 Å². The van der Waals surface area contributed by atoms with Gasteiger partial charge in [-0.3, -0.25) is 33.9 Å². The number of aromatic amines is 1. The van der Waals surface area contributed by atoms with Gasteiger partial charge in [-0.1, -0.05) is 42.6 Å². The lowest BCUT2D eigenvalue weighted by molar-refractivity contribution is -0.169. The monoisotopic (exact) mass is 902 g/mol. The zero-order chi connectivity index (χ0) is 46.1.